The summed E-state index contributed by atoms with van der Waals surface area (Å²) in [5.74, 6) is 0.693. The summed E-state index contributed by atoms with van der Waals surface area (Å²) in [6, 6.07) is 5.06. The van der Waals surface area contributed by atoms with Gasteiger partial charge in [-0.25, -0.2) is 14.4 Å². The lowest BCUT2D eigenvalue weighted by molar-refractivity contribution is -0.125. The topological polar surface area (TPSA) is 118 Å². The van der Waals surface area contributed by atoms with Crippen LogP contribution in [0.5, 0.6) is 5.75 Å². The van der Waals surface area contributed by atoms with Gasteiger partial charge in [-0.2, -0.15) is 0 Å². The van der Waals surface area contributed by atoms with Gasteiger partial charge in [0.15, 0.2) is 0 Å². The van der Waals surface area contributed by atoms with E-state index in [1.807, 2.05) is 25.1 Å². The van der Waals surface area contributed by atoms with Gasteiger partial charge in [0.25, 0.3) is 5.91 Å². The van der Waals surface area contributed by atoms with Gasteiger partial charge in [-0.3, -0.25) is 9.59 Å². The fourth-order valence-corrected chi connectivity index (χ4v) is 5.10. The maximum Gasteiger partial charge on any atom is 0.255 e. The highest BCUT2D eigenvalue weighted by molar-refractivity contribution is 6.09. The number of ether oxygens (including phenoxy) is 2. The van der Waals surface area contributed by atoms with Crippen molar-refractivity contribution < 1.29 is 23.5 Å². The van der Waals surface area contributed by atoms with Crippen molar-refractivity contribution in [3.63, 3.8) is 0 Å². The first kappa shape index (κ1) is 26.1. The number of alkyl halides is 1. The molecule has 2 aromatic heterocycles. The van der Waals surface area contributed by atoms with E-state index in [2.05, 4.69) is 25.6 Å². The van der Waals surface area contributed by atoms with Crippen LogP contribution in [0.15, 0.2) is 24.5 Å². The number of aromatic amines is 1. The second-order valence-electron chi connectivity index (χ2n) is 10.4. The summed E-state index contributed by atoms with van der Waals surface area (Å²) in [7, 11) is 1.44. The smallest absolute Gasteiger partial charge is 0.255 e. The molecule has 2 heterocycles. The van der Waals surface area contributed by atoms with Crippen LogP contribution in [-0.4, -0.2) is 65.3 Å². The van der Waals surface area contributed by atoms with E-state index in [4.69, 9.17) is 9.47 Å². The van der Waals surface area contributed by atoms with Crippen LogP contribution < -0.4 is 15.4 Å². The minimum Gasteiger partial charge on any atom is -0.493 e. The van der Waals surface area contributed by atoms with Crippen LogP contribution in [0.3, 0.4) is 0 Å². The number of rotatable bonds is 9. The molecule has 10 heteroatoms. The van der Waals surface area contributed by atoms with Gasteiger partial charge in [0, 0.05) is 30.8 Å². The number of methoxy groups -OCH3 is 1. The lowest BCUT2D eigenvalue weighted by Crippen LogP contribution is -2.50. The zero-order valence-electron chi connectivity index (χ0n) is 22.0. The molecule has 2 aliphatic carbocycles. The van der Waals surface area contributed by atoms with Gasteiger partial charge in [-0.1, -0.05) is 11.6 Å². The van der Waals surface area contributed by atoms with Gasteiger partial charge < -0.3 is 25.1 Å². The first-order valence-electron chi connectivity index (χ1n) is 13.1. The second kappa shape index (κ2) is 11.1. The standard InChI is InChI=1S/C28H34FN5O4/c1-15-4-9-22(38-12-17-5-6-17)19(10-15)25-27-26(31-14-30-25)24(16(2)32-27)28(36)34-21-8-7-18(11-20(21)29)33-23(35)13-37-3/h4,9-10,14,17-18,20-21,32H,5-8,11-13H2,1-3H3,(H,33,35)(H,34,36). The molecule has 0 bridgehead atoms. The zero-order chi connectivity index (χ0) is 26.8. The Balaban J connectivity index is 1.36. The highest BCUT2D eigenvalue weighted by Gasteiger charge is 2.33. The number of amides is 2. The summed E-state index contributed by atoms with van der Waals surface area (Å²) in [5, 5.41) is 5.65. The van der Waals surface area contributed by atoms with E-state index >= 15 is 4.39 Å². The number of benzene rings is 1. The van der Waals surface area contributed by atoms with E-state index in [-0.39, 0.29) is 30.9 Å². The summed E-state index contributed by atoms with van der Waals surface area (Å²) < 4.78 is 26.0. The van der Waals surface area contributed by atoms with Gasteiger partial charge >= 0.3 is 0 Å². The highest BCUT2D eigenvalue weighted by atomic mass is 19.1. The molecular weight excluding hydrogens is 489 g/mol. The molecule has 0 spiro atoms. The molecule has 3 unspecified atom stereocenters. The predicted molar refractivity (Wildman–Crippen MR) is 141 cm³/mol. The molecule has 2 aliphatic rings. The number of H-pyrrole nitrogens is 1. The first-order valence-corrected chi connectivity index (χ1v) is 13.1. The third kappa shape index (κ3) is 5.65. The molecule has 3 atom stereocenters. The maximum absolute atomic E-state index is 15.0. The molecule has 3 aromatic rings. The van der Waals surface area contributed by atoms with E-state index < -0.39 is 12.2 Å². The van der Waals surface area contributed by atoms with Crippen molar-refractivity contribution in [3.05, 3.63) is 41.3 Å². The number of nitrogens with zero attached hydrogens (tertiary/aromatic N) is 2. The van der Waals surface area contributed by atoms with Crippen LogP contribution in [0, 0.1) is 19.8 Å². The molecule has 2 fully saturated rings. The average molecular weight is 524 g/mol. The van der Waals surface area contributed by atoms with Gasteiger partial charge in [-0.05, 0) is 57.6 Å². The van der Waals surface area contributed by atoms with Gasteiger partial charge in [-0.15, -0.1) is 0 Å². The molecule has 5 rings (SSSR count). The second-order valence-corrected chi connectivity index (χ2v) is 10.4. The van der Waals surface area contributed by atoms with Crippen molar-refractivity contribution in [2.24, 2.45) is 5.92 Å². The summed E-state index contributed by atoms with van der Waals surface area (Å²) in [5.41, 5.74) is 4.68. The minimum absolute atomic E-state index is 0.0615. The van der Waals surface area contributed by atoms with E-state index in [1.54, 1.807) is 6.92 Å². The number of aromatic nitrogens is 3. The first-order chi connectivity index (χ1) is 18.3. The number of fused-ring (bicyclic) bond motifs is 1. The zero-order valence-corrected chi connectivity index (χ0v) is 22.0. The number of aryl methyl sites for hydroxylation is 2. The fraction of sp³-hybridized carbons (Fsp3) is 0.500. The number of nitrogens with one attached hydrogen (secondary N) is 3. The normalized spacial score (nSPS) is 21.3. The quantitative estimate of drug-likeness (QED) is 0.393. The molecular formula is C28H34FN5O4. The van der Waals surface area contributed by atoms with Crippen molar-refractivity contribution in [1.29, 1.82) is 0 Å². The molecule has 0 saturated heterocycles. The Bertz CT molecular complexity index is 1340. The number of carbonyl (C=O) groups excluding carboxylic acids is 2. The van der Waals surface area contributed by atoms with Crippen molar-refractivity contribution in [2.75, 3.05) is 20.3 Å². The fourth-order valence-electron chi connectivity index (χ4n) is 5.10. The van der Waals surface area contributed by atoms with Crippen LogP contribution in [0.25, 0.3) is 22.3 Å². The van der Waals surface area contributed by atoms with Crippen LogP contribution in [0.4, 0.5) is 4.39 Å². The molecule has 1 aromatic carbocycles. The molecule has 3 N–H and O–H groups in total. The summed E-state index contributed by atoms with van der Waals surface area (Å²) in [6.45, 7) is 4.42. The lowest BCUT2D eigenvalue weighted by atomic mass is 9.89. The van der Waals surface area contributed by atoms with Gasteiger partial charge in [0.2, 0.25) is 5.91 Å². The number of hydrogen-bond donors (Lipinski definition) is 3. The Morgan fingerprint density at radius 2 is 1.95 bits per heavy atom. The molecule has 2 saturated carbocycles. The van der Waals surface area contributed by atoms with Crippen molar-refractivity contribution >= 4 is 22.8 Å². The lowest BCUT2D eigenvalue weighted by Gasteiger charge is -2.32. The monoisotopic (exact) mass is 523 g/mol. The molecule has 0 radical (unpaired) electrons. The van der Waals surface area contributed by atoms with Crippen molar-refractivity contribution in [3.8, 4) is 17.0 Å². The average Bonchev–Trinajstić information content (AvgIpc) is 3.64. The number of hydrogen-bond acceptors (Lipinski definition) is 6. The largest absolute Gasteiger partial charge is 0.493 e. The third-order valence-corrected chi connectivity index (χ3v) is 7.29. The molecule has 2 amide bonds. The maximum atomic E-state index is 15.0. The van der Waals surface area contributed by atoms with Crippen molar-refractivity contribution in [2.45, 2.75) is 64.2 Å². The Labute approximate surface area is 220 Å². The SMILES string of the molecule is COCC(=O)NC1CCC(NC(=O)c2c(C)[nH]c3c(-c4cc(C)ccc4OCC4CC4)ncnc23)C(F)C1. The Kier molecular flexibility index (Phi) is 7.60. The summed E-state index contributed by atoms with van der Waals surface area (Å²) in [4.78, 5) is 37.4. The highest BCUT2D eigenvalue weighted by Crippen LogP contribution is 2.37. The number of halogens is 1. The minimum atomic E-state index is -1.28. The third-order valence-electron chi connectivity index (χ3n) is 7.29. The van der Waals surface area contributed by atoms with E-state index in [0.717, 1.165) is 16.9 Å². The summed E-state index contributed by atoms with van der Waals surface area (Å²) >= 11 is 0. The van der Waals surface area contributed by atoms with Gasteiger partial charge in [0.05, 0.1) is 23.7 Å². The molecule has 202 valence electrons. The van der Waals surface area contributed by atoms with Crippen LogP contribution in [0.1, 0.15) is 53.7 Å². The van der Waals surface area contributed by atoms with Crippen molar-refractivity contribution in [1.82, 2.24) is 25.6 Å². The summed E-state index contributed by atoms with van der Waals surface area (Å²) in [6.07, 6.45) is 3.66. The Morgan fingerprint density at radius 1 is 1.13 bits per heavy atom. The van der Waals surface area contributed by atoms with E-state index in [9.17, 15) is 9.59 Å². The van der Waals surface area contributed by atoms with E-state index in [0.29, 0.717) is 53.4 Å². The Hall–Kier alpha value is -3.53. The van der Waals surface area contributed by atoms with E-state index in [1.165, 1.54) is 26.3 Å². The van der Waals surface area contributed by atoms with Gasteiger partial charge in [0.1, 0.15) is 36.1 Å². The number of carbonyl (C=O) groups is 2. The molecule has 0 aliphatic heterocycles. The van der Waals surface area contributed by atoms with Crippen LogP contribution >= 0.6 is 0 Å². The Morgan fingerprint density at radius 3 is 2.68 bits per heavy atom. The molecule has 9 nitrogen and oxygen atoms in total. The van der Waals surface area contributed by atoms with Crippen LogP contribution in [-0.2, 0) is 9.53 Å². The predicted octanol–water partition coefficient (Wildman–Crippen LogP) is 3.78. The van der Waals surface area contributed by atoms with Crippen LogP contribution in [0.2, 0.25) is 0 Å². The molecule has 38 heavy (non-hydrogen) atoms.